The summed E-state index contributed by atoms with van der Waals surface area (Å²) in [7, 11) is 0. The van der Waals surface area contributed by atoms with E-state index in [9.17, 15) is 4.79 Å². The highest BCUT2D eigenvalue weighted by molar-refractivity contribution is 5.81. The van der Waals surface area contributed by atoms with Gasteiger partial charge in [0, 0.05) is 32.2 Å². The van der Waals surface area contributed by atoms with Crippen LogP contribution >= 0.6 is 0 Å². The van der Waals surface area contributed by atoms with Gasteiger partial charge in [0.05, 0.1) is 30.2 Å². The lowest BCUT2D eigenvalue weighted by molar-refractivity contribution is -0.139. The molecular formula is C23H32N4O2. The second kappa shape index (κ2) is 8.34. The van der Waals surface area contributed by atoms with Gasteiger partial charge in [0.2, 0.25) is 11.9 Å². The molecule has 5 rings (SSSR count). The van der Waals surface area contributed by atoms with Crippen LogP contribution in [0.25, 0.3) is 11.0 Å². The van der Waals surface area contributed by atoms with Crippen molar-refractivity contribution in [1.82, 2.24) is 14.5 Å². The number of anilines is 1. The summed E-state index contributed by atoms with van der Waals surface area (Å²) in [6.45, 7) is 4.57. The fraction of sp³-hybridized carbons (Fsp3) is 0.652. The summed E-state index contributed by atoms with van der Waals surface area (Å²) < 4.78 is 7.92. The predicted molar refractivity (Wildman–Crippen MR) is 114 cm³/mol. The third kappa shape index (κ3) is 3.75. The van der Waals surface area contributed by atoms with E-state index in [0.29, 0.717) is 25.2 Å². The van der Waals surface area contributed by atoms with Crippen molar-refractivity contribution in [1.29, 1.82) is 0 Å². The Hall–Kier alpha value is -2.08. The highest BCUT2D eigenvalue weighted by Crippen LogP contribution is 2.36. The Balaban J connectivity index is 1.43. The van der Waals surface area contributed by atoms with Gasteiger partial charge < -0.3 is 19.1 Å². The van der Waals surface area contributed by atoms with Crippen LogP contribution in [-0.4, -0.2) is 59.8 Å². The van der Waals surface area contributed by atoms with Crippen molar-refractivity contribution >= 4 is 22.9 Å². The smallest absolute Gasteiger partial charge is 0.227 e. The number of benzene rings is 1. The molecule has 1 aromatic carbocycles. The van der Waals surface area contributed by atoms with Crippen molar-refractivity contribution in [2.45, 2.75) is 51.0 Å². The van der Waals surface area contributed by atoms with Gasteiger partial charge in [-0.2, -0.15) is 0 Å². The van der Waals surface area contributed by atoms with Crippen LogP contribution in [0.4, 0.5) is 5.95 Å². The lowest BCUT2D eigenvalue weighted by atomic mass is 9.94. The lowest BCUT2D eigenvalue weighted by Crippen LogP contribution is -2.49. The molecule has 3 aliphatic rings. The Morgan fingerprint density at radius 2 is 1.76 bits per heavy atom. The molecule has 3 heterocycles. The number of aromatic nitrogens is 2. The number of rotatable bonds is 3. The number of amides is 1. The number of nitrogens with zero attached hydrogens (tertiary/aromatic N) is 4. The second-order valence-corrected chi connectivity index (χ2v) is 8.79. The maximum Gasteiger partial charge on any atom is 0.227 e. The quantitative estimate of drug-likeness (QED) is 0.795. The van der Waals surface area contributed by atoms with E-state index in [1.807, 2.05) is 4.90 Å². The molecule has 1 amide bonds. The van der Waals surface area contributed by atoms with E-state index in [2.05, 4.69) is 33.7 Å². The maximum absolute atomic E-state index is 13.1. The SMILES string of the molecule is O=C(C1CCCN(c2nc3ccccc3n2C2CCCCC2)C1)N1CCOCC1. The number of carbonyl (C=O) groups excluding carboxylic acids is 1. The Labute approximate surface area is 172 Å². The number of para-hydroxylation sites is 2. The highest BCUT2D eigenvalue weighted by Gasteiger charge is 2.33. The third-order valence-corrected chi connectivity index (χ3v) is 6.89. The summed E-state index contributed by atoms with van der Waals surface area (Å²) in [6.07, 6.45) is 8.45. The zero-order valence-electron chi connectivity index (χ0n) is 17.3. The van der Waals surface area contributed by atoms with Gasteiger partial charge in [-0.15, -0.1) is 0 Å². The molecule has 156 valence electrons. The molecule has 1 unspecified atom stereocenters. The number of ether oxygens (including phenoxy) is 1. The molecule has 1 aromatic heterocycles. The van der Waals surface area contributed by atoms with Gasteiger partial charge in [0.1, 0.15) is 0 Å². The van der Waals surface area contributed by atoms with Crippen molar-refractivity contribution in [3.05, 3.63) is 24.3 Å². The Morgan fingerprint density at radius 3 is 2.59 bits per heavy atom. The second-order valence-electron chi connectivity index (χ2n) is 8.79. The zero-order chi connectivity index (χ0) is 19.6. The van der Waals surface area contributed by atoms with Crippen molar-refractivity contribution in [3.63, 3.8) is 0 Å². The first-order valence-electron chi connectivity index (χ1n) is 11.4. The number of piperidine rings is 1. The first kappa shape index (κ1) is 18.9. The van der Waals surface area contributed by atoms with Gasteiger partial charge in [-0.05, 0) is 37.8 Å². The molecule has 6 nitrogen and oxygen atoms in total. The number of imidazole rings is 1. The fourth-order valence-corrected chi connectivity index (χ4v) is 5.36. The molecule has 6 heteroatoms. The van der Waals surface area contributed by atoms with Crippen LogP contribution < -0.4 is 4.90 Å². The van der Waals surface area contributed by atoms with Crippen LogP contribution in [0.3, 0.4) is 0 Å². The maximum atomic E-state index is 13.1. The van der Waals surface area contributed by atoms with Crippen molar-refractivity contribution in [2.75, 3.05) is 44.3 Å². The van der Waals surface area contributed by atoms with Gasteiger partial charge >= 0.3 is 0 Å². The van der Waals surface area contributed by atoms with Crippen molar-refractivity contribution in [2.24, 2.45) is 5.92 Å². The molecular weight excluding hydrogens is 364 g/mol. The van der Waals surface area contributed by atoms with Crippen LogP contribution in [-0.2, 0) is 9.53 Å². The first-order chi connectivity index (χ1) is 14.3. The van der Waals surface area contributed by atoms with E-state index in [1.54, 1.807) is 0 Å². The molecule has 29 heavy (non-hydrogen) atoms. The van der Waals surface area contributed by atoms with E-state index in [1.165, 1.54) is 37.6 Å². The molecule has 2 aliphatic heterocycles. The molecule has 2 saturated heterocycles. The summed E-state index contributed by atoms with van der Waals surface area (Å²) >= 11 is 0. The van der Waals surface area contributed by atoms with E-state index in [0.717, 1.165) is 50.5 Å². The molecule has 1 saturated carbocycles. The van der Waals surface area contributed by atoms with Crippen molar-refractivity contribution < 1.29 is 9.53 Å². The lowest BCUT2D eigenvalue weighted by Gasteiger charge is -2.37. The molecule has 1 aliphatic carbocycles. The summed E-state index contributed by atoms with van der Waals surface area (Å²) in [5.41, 5.74) is 2.32. The highest BCUT2D eigenvalue weighted by atomic mass is 16.5. The standard InChI is InChI=1S/C23H32N4O2/c28-22(25-13-15-29-16-14-25)18-7-6-12-26(17-18)23-24-20-10-4-5-11-21(20)27(23)19-8-2-1-3-9-19/h4-5,10-11,18-19H,1-3,6-9,12-17H2. The number of morpholine rings is 1. The first-order valence-corrected chi connectivity index (χ1v) is 11.4. The molecule has 0 N–H and O–H groups in total. The van der Waals surface area contributed by atoms with Gasteiger partial charge in [-0.3, -0.25) is 4.79 Å². The Morgan fingerprint density at radius 1 is 0.966 bits per heavy atom. The average molecular weight is 397 g/mol. The monoisotopic (exact) mass is 396 g/mol. The normalized spacial score (nSPS) is 24.2. The number of hydrogen-bond acceptors (Lipinski definition) is 4. The molecule has 0 radical (unpaired) electrons. The zero-order valence-corrected chi connectivity index (χ0v) is 17.3. The molecule has 2 aromatic rings. The molecule has 0 spiro atoms. The van der Waals surface area contributed by atoms with E-state index < -0.39 is 0 Å². The fourth-order valence-electron chi connectivity index (χ4n) is 5.36. The molecule has 3 fully saturated rings. The van der Waals surface area contributed by atoms with Crippen LogP contribution in [0.1, 0.15) is 51.0 Å². The predicted octanol–water partition coefficient (Wildman–Crippen LogP) is 3.62. The van der Waals surface area contributed by atoms with Gasteiger partial charge in [0.15, 0.2) is 0 Å². The summed E-state index contributed by atoms with van der Waals surface area (Å²) in [4.78, 5) is 22.6. The van der Waals surface area contributed by atoms with Crippen LogP contribution in [0.2, 0.25) is 0 Å². The van der Waals surface area contributed by atoms with Gasteiger partial charge in [-0.25, -0.2) is 4.98 Å². The van der Waals surface area contributed by atoms with E-state index in [4.69, 9.17) is 9.72 Å². The topological polar surface area (TPSA) is 50.6 Å². The Bertz CT molecular complexity index is 852. The summed E-state index contributed by atoms with van der Waals surface area (Å²) in [6, 6.07) is 9.06. The van der Waals surface area contributed by atoms with E-state index in [-0.39, 0.29) is 5.92 Å². The average Bonchev–Trinajstić information content (AvgIpc) is 3.19. The number of carbonyl (C=O) groups is 1. The minimum Gasteiger partial charge on any atom is -0.378 e. The Kier molecular flexibility index (Phi) is 5.44. The number of hydrogen-bond donors (Lipinski definition) is 0. The third-order valence-electron chi connectivity index (χ3n) is 6.89. The van der Waals surface area contributed by atoms with Gasteiger partial charge in [-0.1, -0.05) is 31.4 Å². The summed E-state index contributed by atoms with van der Waals surface area (Å²) in [5.74, 6) is 1.46. The van der Waals surface area contributed by atoms with Gasteiger partial charge in [0.25, 0.3) is 0 Å². The largest absolute Gasteiger partial charge is 0.378 e. The van der Waals surface area contributed by atoms with Crippen LogP contribution in [0.5, 0.6) is 0 Å². The summed E-state index contributed by atoms with van der Waals surface area (Å²) in [5, 5.41) is 0. The minimum atomic E-state index is 0.0708. The van der Waals surface area contributed by atoms with Crippen LogP contribution in [0.15, 0.2) is 24.3 Å². The van der Waals surface area contributed by atoms with Crippen molar-refractivity contribution in [3.8, 4) is 0 Å². The van der Waals surface area contributed by atoms with E-state index >= 15 is 0 Å². The molecule has 1 atom stereocenters. The minimum absolute atomic E-state index is 0.0708. The number of fused-ring (bicyclic) bond motifs is 1. The van der Waals surface area contributed by atoms with Crippen LogP contribution in [0, 0.1) is 5.92 Å². The molecule has 0 bridgehead atoms.